The van der Waals surface area contributed by atoms with E-state index in [0.717, 1.165) is 44.3 Å². The largest absolute Gasteiger partial charge is 0.491 e. The highest BCUT2D eigenvalue weighted by molar-refractivity contribution is 7.10. The summed E-state index contributed by atoms with van der Waals surface area (Å²) in [6, 6.07) is 10.3. The summed E-state index contributed by atoms with van der Waals surface area (Å²) in [5.74, 6) is 1.56. The number of hydrogen-bond acceptors (Lipinski definition) is 4. The van der Waals surface area contributed by atoms with Gasteiger partial charge in [-0.25, -0.2) is 0 Å². The van der Waals surface area contributed by atoms with Gasteiger partial charge in [0, 0.05) is 23.4 Å². The van der Waals surface area contributed by atoms with Crippen LogP contribution in [0.25, 0.3) is 0 Å². The molecule has 1 fully saturated rings. The third-order valence-corrected chi connectivity index (χ3v) is 8.78. The van der Waals surface area contributed by atoms with Gasteiger partial charge in [0.1, 0.15) is 18.9 Å². The van der Waals surface area contributed by atoms with Gasteiger partial charge in [-0.1, -0.05) is 45.7 Å². The Labute approximate surface area is 214 Å². The van der Waals surface area contributed by atoms with Crippen LogP contribution >= 0.6 is 11.3 Å². The van der Waals surface area contributed by atoms with Crippen LogP contribution in [0.3, 0.4) is 0 Å². The quantitative estimate of drug-likeness (QED) is 0.416. The van der Waals surface area contributed by atoms with Gasteiger partial charge in [-0.15, -0.1) is 11.3 Å². The monoisotopic (exact) mass is 496 g/mol. The molecule has 2 atom stereocenters. The van der Waals surface area contributed by atoms with Crippen LogP contribution in [-0.2, 0) is 16.0 Å². The zero-order valence-corrected chi connectivity index (χ0v) is 22.5. The summed E-state index contributed by atoms with van der Waals surface area (Å²) in [4.78, 5) is 32.2. The molecular formula is C29H40N2O3S. The van der Waals surface area contributed by atoms with E-state index < -0.39 is 0 Å². The summed E-state index contributed by atoms with van der Waals surface area (Å²) in [7, 11) is 0. The Kier molecular flexibility index (Phi) is 8.53. The van der Waals surface area contributed by atoms with Crippen LogP contribution in [0.2, 0.25) is 0 Å². The van der Waals surface area contributed by atoms with E-state index in [-0.39, 0.29) is 36.4 Å². The summed E-state index contributed by atoms with van der Waals surface area (Å²) in [6.45, 7) is 9.75. The fourth-order valence-corrected chi connectivity index (χ4v) is 6.24. The van der Waals surface area contributed by atoms with Crippen LogP contribution in [0.4, 0.5) is 0 Å². The molecule has 0 spiro atoms. The number of hydrogen-bond donors (Lipinski definition) is 0. The molecule has 0 bridgehead atoms. The molecule has 2 aromatic rings. The van der Waals surface area contributed by atoms with Crippen molar-refractivity contribution in [1.29, 1.82) is 0 Å². The van der Waals surface area contributed by atoms with E-state index >= 15 is 0 Å². The van der Waals surface area contributed by atoms with E-state index in [9.17, 15) is 9.59 Å². The lowest BCUT2D eigenvalue weighted by Gasteiger charge is -2.38. The molecule has 6 heteroatoms. The average Bonchev–Trinajstić information content (AvgIpc) is 3.57. The lowest BCUT2D eigenvalue weighted by atomic mass is 10.00. The second kappa shape index (κ2) is 11.6. The average molecular weight is 497 g/mol. The normalized spacial score (nSPS) is 19.0. The second-order valence-corrected chi connectivity index (χ2v) is 11.4. The van der Waals surface area contributed by atoms with Crippen molar-refractivity contribution in [2.45, 2.75) is 84.2 Å². The van der Waals surface area contributed by atoms with Crippen molar-refractivity contribution in [2.24, 2.45) is 5.92 Å². The molecular weight excluding hydrogens is 456 g/mol. The molecule has 1 saturated carbocycles. The van der Waals surface area contributed by atoms with Crippen molar-refractivity contribution in [2.75, 3.05) is 19.7 Å². The number of nitrogens with zero attached hydrogens (tertiary/aromatic N) is 2. The maximum absolute atomic E-state index is 13.7. The number of carbonyl (C=O) groups is 2. The maximum atomic E-state index is 13.7. The molecule has 1 aromatic heterocycles. The van der Waals surface area contributed by atoms with E-state index in [1.54, 1.807) is 11.3 Å². The van der Waals surface area contributed by atoms with Gasteiger partial charge < -0.3 is 14.5 Å². The van der Waals surface area contributed by atoms with Crippen molar-refractivity contribution in [1.82, 2.24) is 9.80 Å². The summed E-state index contributed by atoms with van der Waals surface area (Å²) in [5.41, 5.74) is 2.47. The second-order valence-electron chi connectivity index (χ2n) is 10.4. The first-order valence-corrected chi connectivity index (χ1v) is 14.2. The molecule has 4 rings (SSSR count). The lowest BCUT2D eigenvalue weighted by Crippen LogP contribution is -2.51. The number of rotatable bonds is 9. The fraction of sp³-hybridized carbons (Fsp3) is 0.586. The van der Waals surface area contributed by atoms with E-state index in [1.165, 1.54) is 16.0 Å². The molecule has 190 valence electrons. The molecule has 1 aliphatic carbocycles. The third kappa shape index (κ3) is 5.91. The number of carbonyl (C=O) groups excluding carboxylic acids is 2. The SMILES string of the molecule is CC[C@@H](C)N(CC(=O)N1CCc2sccc2[C@@H]1COc1ccc(C(C)C)cc1)C(=O)C1CCCC1. The van der Waals surface area contributed by atoms with Crippen molar-refractivity contribution in [3.05, 3.63) is 51.7 Å². The van der Waals surface area contributed by atoms with E-state index in [0.29, 0.717) is 19.1 Å². The topological polar surface area (TPSA) is 49.9 Å². The molecule has 1 aliphatic heterocycles. The van der Waals surface area contributed by atoms with E-state index in [4.69, 9.17) is 4.74 Å². The predicted octanol–water partition coefficient (Wildman–Crippen LogP) is 6.19. The molecule has 35 heavy (non-hydrogen) atoms. The lowest BCUT2D eigenvalue weighted by molar-refractivity contribution is -0.146. The molecule has 0 radical (unpaired) electrons. The van der Waals surface area contributed by atoms with Gasteiger partial charge in [-0.3, -0.25) is 9.59 Å². The van der Waals surface area contributed by atoms with Crippen molar-refractivity contribution < 1.29 is 14.3 Å². The molecule has 2 heterocycles. The van der Waals surface area contributed by atoms with Gasteiger partial charge >= 0.3 is 0 Å². The Morgan fingerprint density at radius 3 is 2.49 bits per heavy atom. The Hall–Kier alpha value is -2.34. The van der Waals surface area contributed by atoms with Gasteiger partial charge in [0.2, 0.25) is 11.8 Å². The molecule has 0 unspecified atom stereocenters. The molecule has 5 nitrogen and oxygen atoms in total. The Bertz CT molecular complexity index is 994. The minimum Gasteiger partial charge on any atom is -0.491 e. The Morgan fingerprint density at radius 1 is 1.11 bits per heavy atom. The van der Waals surface area contributed by atoms with Crippen LogP contribution in [0.1, 0.15) is 87.8 Å². The molecule has 1 aromatic carbocycles. The number of thiophene rings is 1. The van der Waals surface area contributed by atoms with Gasteiger partial charge in [-0.2, -0.15) is 0 Å². The van der Waals surface area contributed by atoms with Crippen molar-refractivity contribution in [3.8, 4) is 5.75 Å². The first-order valence-electron chi connectivity index (χ1n) is 13.3. The number of fused-ring (bicyclic) bond motifs is 1. The maximum Gasteiger partial charge on any atom is 0.242 e. The molecule has 0 N–H and O–H groups in total. The van der Waals surface area contributed by atoms with Gasteiger partial charge in [-0.05, 0) is 73.2 Å². The van der Waals surface area contributed by atoms with Crippen molar-refractivity contribution >= 4 is 23.2 Å². The zero-order valence-electron chi connectivity index (χ0n) is 21.7. The van der Waals surface area contributed by atoms with Crippen LogP contribution in [0.5, 0.6) is 5.75 Å². The number of benzene rings is 1. The van der Waals surface area contributed by atoms with Gasteiger partial charge in [0.25, 0.3) is 0 Å². The summed E-state index contributed by atoms with van der Waals surface area (Å²) in [6.07, 6.45) is 5.84. The highest BCUT2D eigenvalue weighted by atomic mass is 32.1. The van der Waals surface area contributed by atoms with Gasteiger partial charge in [0.15, 0.2) is 0 Å². The highest BCUT2D eigenvalue weighted by Crippen LogP contribution is 2.35. The Balaban J connectivity index is 1.49. The highest BCUT2D eigenvalue weighted by Gasteiger charge is 2.36. The van der Waals surface area contributed by atoms with Crippen LogP contribution < -0.4 is 4.74 Å². The van der Waals surface area contributed by atoms with Crippen LogP contribution in [-0.4, -0.2) is 47.4 Å². The number of amides is 2. The van der Waals surface area contributed by atoms with Crippen LogP contribution in [0.15, 0.2) is 35.7 Å². The first-order chi connectivity index (χ1) is 16.9. The van der Waals surface area contributed by atoms with E-state index in [1.807, 2.05) is 21.9 Å². The zero-order chi connectivity index (χ0) is 24.9. The molecule has 2 amide bonds. The first kappa shape index (κ1) is 25.7. The van der Waals surface area contributed by atoms with Crippen molar-refractivity contribution in [3.63, 3.8) is 0 Å². The third-order valence-electron chi connectivity index (χ3n) is 7.79. The Morgan fingerprint density at radius 2 is 1.83 bits per heavy atom. The minimum absolute atomic E-state index is 0.0252. The minimum atomic E-state index is -0.136. The van der Waals surface area contributed by atoms with Crippen LogP contribution in [0, 0.1) is 5.92 Å². The van der Waals surface area contributed by atoms with Gasteiger partial charge in [0.05, 0.1) is 6.04 Å². The van der Waals surface area contributed by atoms with E-state index in [2.05, 4.69) is 51.3 Å². The summed E-state index contributed by atoms with van der Waals surface area (Å²) < 4.78 is 6.22. The standard InChI is InChI=1S/C29H40N2O3S/c1-5-21(4)31(29(33)23-8-6-7-9-23)18-28(32)30-16-14-27-25(15-17-35-27)26(30)19-34-24-12-10-22(11-13-24)20(2)3/h10-13,15,17,20-21,23,26H,5-9,14,16,18-19H2,1-4H3/t21-,26+/m1/s1. The fourth-order valence-electron chi connectivity index (χ4n) is 5.31. The number of ether oxygens (including phenoxy) is 1. The summed E-state index contributed by atoms with van der Waals surface area (Å²) in [5, 5.41) is 2.11. The smallest absolute Gasteiger partial charge is 0.242 e. The molecule has 0 saturated heterocycles. The molecule has 2 aliphatic rings. The predicted molar refractivity (Wildman–Crippen MR) is 142 cm³/mol. The summed E-state index contributed by atoms with van der Waals surface area (Å²) >= 11 is 1.76.